The van der Waals surface area contributed by atoms with Gasteiger partial charge in [0.25, 0.3) is 0 Å². The first-order valence-corrected chi connectivity index (χ1v) is 10.4. The number of nitrogens with one attached hydrogen (secondary N) is 1. The van der Waals surface area contributed by atoms with Gasteiger partial charge in [0, 0.05) is 30.6 Å². The zero-order chi connectivity index (χ0) is 25.8. The minimum Gasteiger partial charge on any atom is -0.494 e. The largest absolute Gasteiger partial charge is 0.494 e. The number of methoxy groups -OCH3 is 1. The van der Waals surface area contributed by atoms with Crippen molar-refractivity contribution >= 4 is 22.9 Å². The number of aromatic nitrogens is 2. The second-order valence-corrected chi connectivity index (χ2v) is 7.61. The molecule has 0 bridgehead atoms. The van der Waals surface area contributed by atoms with Crippen LogP contribution in [0.25, 0.3) is 11.4 Å². The minimum absolute atomic E-state index is 0.0163. The number of halogens is 3. The second kappa shape index (κ2) is 10.3. The molecule has 1 heterocycles. The van der Waals surface area contributed by atoms with E-state index in [0.29, 0.717) is 17.0 Å². The molecule has 1 aromatic heterocycles. The highest BCUT2D eigenvalue weighted by Gasteiger charge is 2.30. The highest BCUT2D eigenvalue weighted by molar-refractivity contribution is 6.44. The van der Waals surface area contributed by atoms with Crippen molar-refractivity contribution in [1.82, 2.24) is 9.55 Å². The number of anilines is 1. The van der Waals surface area contributed by atoms with Gasteiger partial charge in [-0.1, -0.05) is 18.7 Å². The van der Waals surface area contributed by atoms with Gasteiger partial charge in [0.15, 0.2) is 5.78 Å². The quantitative estimate of drug-likeness (QED) is 0.434. The van der Waals surface area contributed by atoms with Gasteiger partial charge in [-0.3, -0.25) is 4.79 Å². The van der Waals surface area contributed by atoms with E-state index in [1.54, 1.807) is 25.6 Å². The molecule has 10 heteroatoms. The number of Topliss-reactive ketones (excluding diaryl/α,β-unsaturated/α-hetero) is 1. The molecule has 0 amide bonds. The lowest BCUT2D eigenvalue weighted by atomic mass is 10.1. The molecule has 0 saturated carbocycles. The lowest BCUT2D eigenvalue weighted by molar-refractivity contribution is -0.137. The summed E-state index contributed by atoms with van der Waals surface area (Å²) in [5.41, 5.74) is 7.85. The van der Waals surface area contributed by atoms with E-state index in [4.69, 9.17) is 10.5 Å². The zero-order valence-corrected chi connectivity index (χ0v) is 19.3. The number of carbonyl (C=O) groups is 1. The van der Waals surface area contributed by atoms with E-state index in [9.17, 15) is 18.0 Å². The van der Waals surface area contributed by atoms with Crippen LogP contribution in [0.2, 0.25) is 0 Å². The lowest BCUT2D eigenvalue weighted by Crippen LogP contribution is -2.12. The van der Waals surface area contributed by atoms with Crippen molar-refractivity contribution in [1.29, 1.82) is 0 Å². The van der Waals surface area contributed by atoms with Gasteiger partial charge in [-0.2, -0.15) is 13.2 Å². The van der Waals surface area contributed by atoms with Crippen LogP contribution in [0.5, 0.6) is 5.75 Å². The fraction of sp³-hybridized carbons (Fsp3) is 0.160. The maximum atomic E-state index is 12.8. The molecule has 3 rings (SSSR count). The number of ether oxygens (including phenoxy) is 1. The third kappa shape index (κ3) is 6.38. The van der Waals surface area contributed by atoms with Crippen molar-refractivity contribution in [3.05, 3.63) is 90.3 Å². The summed E-state index contributed by atoms with van der Waals surface area (Å²) in [7, 11) is 1.54. The monoisotopic (exact) mass is 483 g/mol. The molecule has 2 aromatic carbocycles. The Kier molecular flexibility index (Phi) is 7.43. The molecule has 3 aromatic rings. The van der Waals surface area contributed by atoms with E-state index in [-0.39, 0.29) is 17.2 Å². The first-order valence-electron chi connectivity index (χ1n) is 10.4. The molecule has 0 unspecified atom stereocenters. The van der Waals surface area contributed by atoms with Gasteiger partial charge >= 0.3 is 6.18 Å². The number of rotatable bonds is 8. The minimum atomic E-state index is -4.45. The number of carbonyl (C=O) groups excluding carboxylic acids is 1. The third-order valence-corrected chi connectivity index (χ3v) is 4.91. The Balaban J connectivity index is 1.81. The number of allylic oxidation sites excluding steroid dienone is 1. The van der Waals surface area contributed by atoms with Crippen LogP contribution >= 0.6 is 0 Å². The van der Waals surface area contributed by atoms with Crippen molar-refractivity contribution in [2.24, 2.45) is 10.7 Å². The van der Waals surface area contributed by atoms with Crippen LogP contribution in [0, 0.1) is 6.92 Å². The molecule has 0 spiro atoms. The number of hydrogen-bond donors (Lipinski definition) is 2. The van der Waals surface area contributed by atoms with Gasteiger partial charge in [-0.05, 0) is 42.8 Å². The van der Waals surface area contributed by atoms with Crippen molar-refractivity contribution in [3.63, 3.8) is 0 Å². The van der Waals surface area contributed by atoms with Crippen LogP contribution in [-0.4, -0.2) is 28.2 Å². The number of hydrogen-bond acceptors (Lipinski definition) is 6. The fourth-order valence-electron chi connectivity index (χ4n) is 3.16. The molecule has 35 heavy (non-hydrogen) atoms. The first-order chi connectivity index (χ1) is 16.5. The average Bonchev–Trinajstić information content (AvgIpc) is 3.23. The summed E-state index contributed by atoms with van der Waals surface area (Å²) in [6.45, 7) is 7.01. The molecular formula is C25H24F3N5O2. The Labute approximate surface area is 200 Å². The van der Waals surface area contributed by atoms with Gasteiger partial charge < -0.3 is 20.4 Å². The van der Waals surface area contributed by atoms with Crippen LogP contribution in [0.3, 0.4) is 0 Å². The maximum Gasteiger partial charge on any atom is 0.416 e. The summed E-state index contributed by atoms with van der Waals surface area (Å²) in [5.74, 6) is 0.327. The standard InChI is InChI=1S/C25H24F3N5O2/c1-15-13-33(14-30-15)23-10-9-20(11-24(23)35-4)31-17(3)32-22(16(2)34)12-21(29)18-5-7-19(8-6-18)25(26,27)28/h5-14,31H,3,29H2,1-2,4H3/b21-12-,32-22?. The number of aliphatic imine (C=N–C) groups is 1. The number of imidazole rings is 1. The summed E-state index contributed by atoms with van der Waals surface area (Å²) >= 11 is 0. The molecule has 0 saturated heterocycles. The zero-order valence-electron chi connectivity index (χ0n) is 19.3. The van der Waals surface area contributed by atoms with Crippen LogP contribution in [0.15, 0.2) is 78.5 Å². The topological polar surface area (TPSA) is 94.5 Å². The van der Waals surface area contributed by atoms with E-state index in [1.807, 2.05) is 23.8 Å². The second-order valence-electron chi connectivity index (χ2n) is 7.61. The third-order valence-electron chi connectivity index (χ3n) is 4.91. The van der Waals surface area contributed by atoms with Gasteiger partial charge in [0.1, 0.15) is 17.3 Å². The first kappa shape index (κ1) is 25.3. The molecule has 0 aliphatic heterocycles. The molecule has 7 nitrogen and oxygen atoms in total. The molecule has 0 aliphatic rings. The molecule has 3 N–H and O–H groups in total. The fourth-order valence-corrected chi connectivity index (χ4v) is 3.16. The van der Waals surface area contributed by atoms with Crippen LogP contribution < -0.4 is 15.8 Å². The lowest BCUT2D eigenvalue weighted by Gasteiger charge is -2.13. The van der Waals surface area contributed by atoms with E-state index in [2.05, 4.69) is 21.9 Å². The van der Waals surface area contributed by atoms with E-state index in [0.717, 1.165) is 23.5 Å². The molecule has 0 aliphatic carbocycles. The summed E-state index contributed by atoms with van der Waals surface area (Å²) in [5, 5.41) is 2.99. The van der Waals surface area contributed by atoms with Gasteiger partial charge in [0.05, 0.1) is 30.4 Å². The van der Waals surface area contributed by atoms with Crippen molar-refractivity contribution in [2.45, 2.75) is 20.0 Å². The van der Waals surface area contributed by atoms with Gasteiger partial charge in [0.2, 0.25) is 0 Å². The summed E-state index contributed by atoms with van der Waals surface area (Å²) in [4.78, 5) is 20.5. The SMILES string of the molecule is C=C(N=C(/C=C(\N)c1ccc(C(F)(F)F)cc1)C(C)=O)Nc1ccc(-n2cnc(C)c2)c(OC)c1. The number of nitrogens with zero attached hydrogens (tertiary/aromatic N) is 3. The molecular weight excluding hydrogens is 459 g/mol. The predicted octanol–water partition coefficient (Wildman–Crippen LogP) is 5.12. The predicted molar refractivity (Wildman–Crippen MR) is 129 cm³/mol. The Morgan fingerprint density at radius 3 is 2.46 bits per heavy atom. The highest BCUT2D eigenvalue weighted by atomic mass is 19.4. The van der Waals surface area contributed by atoms with Crippen LogP contribution in [-0.2, 0) is 11.0 Å². The van der Waals surface area contributed by atoms with Gasteiger partial charge in [-0.15, -0.1) is 0 Å². The van der Waals surface area contributed by atoms with Crippen molar-refractivity contribution < 1.29 is 22.7 Å². The Bertz CT molecular complexity index is 1310. The number of ketones is 1. The van der Waals surface area contributed by atoms with E-state index >= 15 is 0 Å². The molecule has 0 atom stereocenters. The normalized spacial score (nSPS) is 12.4. The van der Waals surface area contributed by atoms with E-state index in [1.165, 1.54) is 25.1 Å². The smallest absolute Gasteiger partial charge is 0.416 e. The van der Waals surface area contributed by atoms with Crippen molar-refractivity contribution in [2.75, 3.05) is 12.4 Å². The van der Waals surface area contributed by atoms with Crippen LogP contribution in [0.1, 0.15) is 23.7 Å². The molecule has 0 radical (unpaired) electrons. The Hall–Kier alpha value is -4.34. The average molecular weight is 483 g/mol. The van der Waals surface area contributed by atoms with Gasteiger partial charge in [-0.25, -0.2) is 9.98 Å². The number of alkyl halides is 3. The van der Waals surface area contributed by atoms with E-state index < -0.39 is 17.5 Å². The number of benzene rings is 2. The number of aryl methyl sites for hydroxylation is 1. The number of nitrogens with two attached hydrogens (primary N) is 1. The Morgan fingerprint density at radius 1 is 1.23 bits per heavy atom. The maximum absolute atomic E-state index is 12.8. The van der Waals surface area contributed by atoms with Crippen molar-refractivity contribution in [3.8, 4) is 11.4 Å². The summed E-state index contributed by atoms with van der Waals surface area (Å²) < 4.78 is 45.6. The molecule has 182 valence electrons. The van der Waals surface area contributed by atoms with Crippen LogP contribution in [0.4, 0.5) is 18.9 Å². The highest BCUT2D eigenvalue weighted by Crippen LogP contribution is 2.30. The summed E-state index contributed by atoms with van der Waals surface area (Å²) in [6, 6.07) is 9.66. The molecule has 0 fully saturated rings. The Morgan fingerprint density at radius 2 is 1.91 bits per heavy atom. The summed E-state index contributed by atoms with van der Waals surface area (Å²) in [6.07, 6.45) is 0.380.